The molecule has 1 aliphatic rings. The third-order valence-electron chi connectivity index (χ3n) is 3.02. The summed E-state index contributed by atoms with van der Waals surface area (Å²) in [4.78, 5) is 11.7. The Balaban J connectivity index is 2.02. The zero-order chi connectivity index (χ0) is 13.2. The normalized spacial score (nSPS) is 16.3. The number of hydrogen-bond acceptors (Lipinski definition) is 5. The van der Waals surface area contributed by atoms with Crippen LogP contribution in [-0.2, 0) is 16.4 Å². The molecule has 1 aromatic rings. The van der Waals surface area contributed by atoms with Gasteiger partial charge in [-0.1, -0.05) is 0 Å². The second kappa shape index (κ2) is 5.09. The Morgan fingerprint density at radius 1 is 1.50 bits per heavy atom. The largest absolute Gasteiger partial charge is 0.381 e. The second-order valence-electron chi connectivity index (χ2n) is 4.71. The van der Waals surface area contributed by atoms with E-state index in [2.05, 4.69) is 10.4 Å². The summed E-state index contributed by atoms with van der Waals surface area (Å²) in [7, 11) is -3.08. The second-order valence-corrected chi connectivity index (χ2v) is 6.97. The van der Waals surface area contributed by atoms with E-state index in [0.29, 0.717) is 11.7 Å². The Hall–Kier alpha value is -1.37. The molecule has 1 aliphatic carbocycles. The molecule has 7 heteroatoms. The fourth-order valence-electron chi connectivity index (χ4n) is 1.72. The number of anilines is 1. The monoisotopic (exact) mass is 271 g/mol. The van der Waals surface area contributed by atoms with E-state index in [0.717, 1.165) is 19.1 Å². The van der Waals surface area contributed by atoms with Crippen molar-refractivity contribution in [2.24, 2.45) is 0 Å². The summed E-state index contributed by atoms with van der Waals surface area (Å²) in [5, 5.41) is 7.19. The predicted molar refractivity (Wildman–Crippen MR) is 69.5 cm³/mol. The number of aromatic nitrogens is 2. The molecule has 0 radical (unpaired) electrons. The van der Waals surface area contributed by atoms with Crippen LogP contribution >= 0.6 is 0 Å². The molecule has 100 valence electrons. The van der Waals surface area contributed by atoms with Gasteiger partial charge in [0.15, 0.2) is 0 Å². The third-order valence-corrected chi connectivity index (χ3v) is 3.94. The van der Waals surface area contributed by atoms with Crippen molar-refractivity contribution >= 4 is 15.5 Å². The van der Waals surface area contributed by atoms with Gasteiger partial charge < -0.3 is 5.32 Å². The molecule has 1 N–H and O–H groups in total. The summed E-state index contributed by atoms with van der Waals surface area (Å²) in [6.45, 7) is 0.0986. The van der Waals surface area contributed by atoms with Gasteiger partial charge in [-0.3, -0.25) is 4.79 Å². The van der Waals surface area contributed by atoms with Crippen LogP contribution in [-0.4, -0.2) is 36.2 Å². The first-order chi connectivity index (χ1) is 8.44. The van der Waals surface area contributed by atoms with E-state index >= 15 is 0 Å². The minimum atomic E-state index is -3.08. The molecule has 0 aromatic carbocycles. The molecule has 0 unspecified atom stereocenters. The lowest BCUT2D eigenvalue weighted by molar-refractivity contribution is 0.445. The number of rotatable bonds is 5. The van der Waals surface area contributed by atoms with Crippen molar-refractivity contribution in [2.75, 3.05) is 17.3 Å². The van der Waals surface area contributed by atoms with Crippen LogP contribution in [0.4, 0.5) is 5.69 Å². The third kappa shape index (κ3) is 3.56. The van der Waals surface area contributed by atoms with Crippen LogP contribution in [0, 0.1) is 0 Å². The van der Waals surface area contributed by atoms with Gasteiger partial charge in [0.2, 0.25) is 0 Å². The molecule has 0 spiro atoms. The van der Waals surface area contributed by atoms with Crippen LogP contribution in [0.2, 0.25) is 0 Å². The van der Waals surface area contributed by atoms with E-state index in [9.17, 15) is 13.2 Å². The molecule has 1 saturated carbocycles. The Morgan fingerprint density at radius 3 is 2.72 bits per heavy atom. The molecule has 0 aliphatic heterocycles. The van der Waals surface area contributed by atoms with E-state index in [1.165, 1.54) is 17.2 Å². The van der Waals surface area contributed by atoms with Gasteiger partial charge in [0.1, 0.15) is 9.84 Å². The number of nitrogens with zero attached hydrogens (tertiary/aromatic N) is 2. The summed E-state index contributed by atoms with van der Waals surface area (Å²) in [6, 6.07) is 1.91. The zero-order valence-corrected chi connectivity index (χ0v) is 11.1. The van der Waals surface area contributed by atoms with Crippen LogP contribution in [0.25, 0.3) is 0 Å². The van der Waals surface area contributed by atoms with Crippen molar-refractivity contribution in [3.8, 4) is 0 Å². The molecular formula is C11H17N3O3S. The quantitative estimate of drug-likeness (QED) is 0.830. The van der Waals surface area contributed by atoms with Crippen molar-refractivity contribution in [3.05, 3.63) is 22.6 Å². The van der Waals surface area contributed by atoms with Gasteiger partial charge >= 0.3 is 0 Å². The zero-order valence-electron chi connectivity index (χ0n) is 10.3. The topological polar surface area (TPSA) is 81.1 Å². The van der Waals surface area contributed by atoms with Gasteiger partial charge in [-0.2, -0.15) is 5.10 Å². The summed E-state index contributed by atoms with van der Waals surface area (Å²) in [6.07, 6.45) is 6.18. The minimum Gasteiger partial charge on any atom is -0.381 e. The smallest absolute Gasteiger partial charge is 0.268 e. The molecule has 1 fully saturated rings. The van der Waals surface area contributed by atoms with Gasteiger partial charge in [-0.15, -0.1) is 0 Å². The van der Waals surface area contributed by atoms with Crippen molar-refractivity contribution in [1.82, 2.24) is 9.78 Å². The van der Waals surface area contributed by atoms with Crippen molar-refractivity contribution in [1.29, 1.82) is 0 Å². The molecule has 0 atom stereocenters. The van der Waals surface area contributed by atoms with Crippen molar-refractivity contribution in [2.45, 2.75) is 31.8 Å². The first-order valence-corrected chi connectivity index (χ1v) is 8.01. The van der Waals surface area contributed by atoms with E-state index in [1.807, 2.05) is 0 Å². The lowest BCUT2D eigenvalue weighted by Gasteiger charge is -2.27. The summed E-state index contributed by atoms with van der Waals surface area (Å²) in [5.41, 5.74) is 0.434. The first kappa shape index (κ1) is 13.1. The van der Waals surface area contributed by atoms with Gasteiger partial charge in [-0.05, 0) is 19.3 Å². The molecule has 2 rings (SSSR count). The maximum atomic E-state index is 11.7. The maximum Gasteiger partial charge on any atom is 0.268 e. The van der Waals surface area contributed by atoms with Gasteiger partial charge in [-0.25, -0.2) is 13.1 Å². The van der Waals surface area contributed by atoms with Crippen molar-refractivity contribution in [3.63, 3.8) is 0 Å². The standard InChI is InChI=1S/C11H17N3O3S/c1-18(16,17)6-5-14-11(15)7-10(8-12-14)13-9-3-2-4-9/h7-9,13H,2-6H2,1H3. The number of sulfone groups is 1. The lowest BCUT2D eigenvalue weighted by atomic mass is 9.93. The Labute approximate surface area is 106 Å². The van der Waals surface area contributed by atoms with E-state index < -0.39 is 9.84 Å². The Morgan fingerprint density at radius 2 is 2.22 bits per heavy atom. The average molecular weight is 271 g/mol. The molecule has 0 bridgehead atoms. The number of nitrogens with one attached hydrogen (secondary N) is 1. The van der Waals surface area contributed by atoms with Crippen molar-refractivity contribution < 1.29 is 8.42 Å². The molecule has 18 heavy (non-hydrogen) atoms. The highest BCUT2D eigenvalue weighted by molar-refractivity contribution is 7.90. The Bertz CT molecular complexity index is 575. The first-order valence-electron chi connectivity index (χ1n) is 5.95. The van der Waals surface area contributed by atoms with Crippen LogP contribution < -0.4 is 10.9 Å². The fourth-order valence-corrected chi connectivity index (χ4v) is 2.23. The van der Waals surface area contributed by atoms with E-state index in [1.54, 1.807) is 6.20 Å². The van der Waals surface area contributed by atoms with Gasteiger partial charge in [0.25, 0.3) is 5.56 Å². The summed E-state index contributed by atoms with van der Waals surface area (Å²) < 4.78 is 23.2. The van der Waals surface area contributed by atoms with E-state index in [4.69, 9.17) is 0 Å². The van der Waals surface area contributed by atoms with E-state index in [-0.39, 0.29) is 17.9 Å². The SMILES string of the molecule is CS(=O)(=O)CCn1ncc(NC2CCC2)cc1=O. The molecular weight excluding hydrogens is 254 g/mol. The molecule has 6 nitrogen and oxygen atoms in total. The maximum absolute atomic E-state index is 11.7. The van der Waals surface area contributed by atoms with Crippen LogP contribution in [0.5, 0.6) is 0 Å². The van der Waals surface area contributed by atoms with Crippen LogP contribution in [0.15, 0.2) is 17.1 Å². The molecule has 1 heterocycles. The Kier molecular flexibility index (Phi) is 3.70. The number of hydrogen-bond donors (Lipinski definition) is 1. The summed E-state index contributed by atoms with van der Waals surface area (Å²) >= 11 is 0. The highest BCUT2D eigenvalue weighted by Crippen LogP contribution is 2.21. The highest BCUT2D eigenvalue weighted by atomic mass is 32.2. The fraction of sp³-hybridized carbons (Fsp3) is 0.636. The van der Waals surface area contributed by atoms with Gasteiger partial charge in [0, 0.05) is 18.4 Å². The van der Waals surface area contributed by atoms with Crippen LogP contribution in [0.3, 0.4) is 0 Å². The highest BCUT2D eigenvalue weighted by Gasteiger charge is 2.17. The molecule has 1 aromatic heterocycles. The summed E-state index contributed by atoms with van der Waals surface area (Å²) in [5.74, 6) is -0.0741. The average Bonchev–Trinajstić information content (AvgIpc) is 2.21. The van der Waals surface area contributed by atoms with Crippen LogP contribution in [0.1, 0.15) is 19.3 Å². The minimum absolute atomic E-state index is 0.0741. The van der Waals surface area contributed by atoms with Gasteiger partial charge in [0.05, 0.1) is 24.2 Å². The molecule has 0 amide bonds. The lowest BCUT2D eigenvalue weighted by Crippen LogP contribution is -2.30. The number of aryl methyl sites for hydroxylation is 1. The predicted octanol–water partition coefficient (Wildman–Crippen LogP) is 0.252. The molecule has 0 saturated heterocycles.